The lowest BCUT2D eigenvalue weighted by Gasteiger charge is -2.32. The highest BCUT2D eigenvalue weighted by Gasteiger charge is 2.31. The molecule has 0 radical (unpaired) electrons. The Bertz CT molecular complexity index is 1630. The van der Waals surface area contributed by atoms with E-state index in [0.717, 1.165) is 23.3 Å². The third kappa shape index (κ3) is 9.20. The lowest BCUT2D eigenvalue weighted by molar-refractivity contribution is -0.138. The van der Waals surface area contributed by atoms with E-state index in [2.05, 4.69) is 5.32 Å². The summed E-state index contributed by atoms with van der Waals surface area (Å²) in [5, 5.41) is 12.5. The number of alkyl halides is 3. The Kier molecular flexibility index (Phi) is 10.5. The molecule has 0 aliphatic carbocycles. The molecule has 1 atom stereocenters. The Labute approximate surface area is 265 Å². The molecule has 4 aromatic rings. The van der Waals surface area contributed by atoms with Gasteiger partial charge < -0.3 is 20.1 Å². The number of aliphatic carboxylic acids is 1. The number of rotatable bonds is 10. The number of amides is 2. The molecule has 0 heterocycles. The number of ether oxygens (including phenoxy) is 1. The van der Waals surface area contributed by atoms with Crippen LogP contribution in [0.3, 0.4) is 0 Å². The fourth-order valence-corrected chi connectivity index (χ4v) is 4.92. The van der Waals surface area contributed by atoms with Gasteiger partial charge in [0.05, 0.1) is 18.0 Å². The van der Waals surface area contributed by atoms with Gasteiger partial charge in [0.1, 0.15) is 5.60 Å². The average molecular weight is 633 g/mol. The molecular formula is C36H35F3N2O5. The van der Waals surface area contributed by atoms with Crippen LogP contribution in [-0.2, 0) is 15.7 Å². The summed E-state index contributed by atoms with van der Waals surface area (Å²) in [4.78, 5) is 39.8. The molecule has 10 heteroatoms. The van der Waals surface area contributed by atoms with Gasteiger partial charge in [0, 0.05) is 18.7 Å². The van der Waals surface area contributed by atoms with Gasteiger partial charge in [-0.05, 0) is 72.9 Å². The fraction of sp³-hybridized carbons (Fsp3) is 0.250. The molecule has 7 nitrogen and oxygen atoms in total. The number of carbonyl (C=O) groups excluding carboxylic acids is 2. The number of alkyl carbamates (subject to hydrolysis) is 1. The summed E-state index contributed by atoms with van der Waals surface area (Å²) < 4.78 is 44.3. The molecule has 0 spiro atoms. The predicted octanol–water partition coefficient (Wildman–Crippen LogP) is 8.22. The Hall–Kier alpha value is -5.12. The van der Waals surface area contributed by atoms with Crippen molar-refractivity contribution >= 4 is 18.0 Å². The maximum atomic E-state index is 14.0. The topological polar surface area (TPSA) is 95.9 Å². The van der Waals surface area contributed by atoms with Crippen LogP contribution in [0.4, 0.5) is 18.0 Å². The fourth-order valence-electron chi connectivity index (χ4n) is 4.92. The lowest BCUT2D eigenvalue weighted by Crippen LogP contribution is -2.42. The van der Waals surface area contributed by atoms with Crippen molar-refractivity contribution < 1.29 is 37.4 Å². The molecule has 0 saturated carbocycles. The molecule has 2 N–H and O–H groups in total. The van der Waals surface area contributed by atoms with Gasteiger partial charge >= 0.3 is 18.2 Å². The summed E-state index contributed by atoms with van der Waals surface area (Å²) in [6.45, 7) is 5.12. The van der Waals surface area contributed by atoms with E-state index >= 15 is 0 Å². The zero-order valence-electron chi connectivity index (χ0n) is 25.7. The van der Waals surface area contributed by atoms with Crippen molar-refractivity contribution in [2.24, 2.45) is 0 Å². The highest BCUT2D eigenvalue weighted by atomic mass is 19.4. The minimum absolute atomic E-state index is 0.0114. The first-order chi connectivity index (χ1) is 21.7. The van der Waals surface area contributed by atoms with E-state index in [9.17, 15) is 32.7 Å². The van der Waals surface area contributed by atoms with Crippen LogP contribution in [0, 0.1) is 0 Å². The van der Waals surface area contributed by atoms with Gasteiger partial charge in [-0.2, -0.15) is 13.2 Å². The second kappa shape index (κ2) is 14.3. The number of benzene rings is 4. The van der Waals surface area contributed by atoms with E-state index in [0.29, 0.717) is 16.7 Å². The van der Waals surface area contributed by atoms with E-state index < -0.39 is 47.8 Å². The SMILES string of the molecule is CC(C)(C)OC(=O)NCCN(C(=O)c1ccc(-c2ccc(C(F)(F)F)cc2)cc1)C(CC(=O)O)c1ccc(-c2ccccc2)cc1. The van der Waals surface area contributed by atoms with Crippen LogP contribution in [0.15, 0.2) is 103 Å². The molecule has 240 valence electrons. The predicted molar refractivity (Wildman–Crippen MR) is 169 cm³/mol. The van der Waals surface area contributed by atoms with Crippen LogP contribution in [-0.4, -0.2) is 46.7 Å². The van der Waals surface area contributed by atoms with E-state index in [1.807, 2.05) is 42.5 Å². The Morgan fingerprint density at radius 3 is 1.76 bits per heavy atom. The lowest BCUT2D eigenvalue weighted by atomic mass is 9.97. The first kappa shape index (κ1) is 33.8. The summed E-state index contributed by atoms with van der Waals surface area (Å²) in [5.74, 6) is -1.60. The molecule has 46 heavy (non-hydrogen) atoms. The van der Waals surface area contributed by atoms with Crippen molar-refractivity contribution in [3.8, 4) is 22.3 Å². The molecule has 0 aliphatic heterocycles. The Morgan fingerprint density at radius 1 is 0.761 bits per heavy atom. The van der Waals surface area contributed by atoms with Gasteiger partial charge in [0.25, 0.3) is 5.91 Å². The third-order valence-electron chi connectivity index (χ3n) is 7.11. The summed E-state index contributed by atoms with van der Waals surface area (Å²) in [6, 6.07) is 27.1. The number of hydrogen-bond acceptors (Lipinski definition) is 4. The van der Waals surface area contributed by atoms with Crippen LogP contribution >= 0.6 is 0 Å². The number of nitrogens with zero attached hydrogens (tertiary/aromatic N) is 1. The van der Waals surface area contributed by atoms with Gasteiger partial charge in [-0.3, -0.25) is 9.59 Å². The zero-order chi connectivity index (χ0) is 33.5. The molecule has 0 aliphatic rings. The molecule has 0 aromatic heterocycles. The van der Waals surface area contributed by atoms with Gasteiger partial charge in [-0.1, -0.05) is 78.9 Å². The second-order valence-corrected chi connectivity index (χ2v) is 11.7. The molecule has 0 fully saturated rings. The summed E-state index contributed by atoms with van der Waals surface area (Å²) in [7, 11) is 0. The third-order valence-corrected chi connectivity index (χ3v) is 7.11. The van der Waals surface area contributed by atoms with Crippen molar-refractivity contribution in [1.82, 2.24) is 10.2 Å². The minimum atomic E-state index is -4.45. The molecule has 0 bridgehead atoms. The van der Waals surface area contributed by atoms with Gasteiger partial charge in [0.15, 0.2) is 0 Å². The number of carboxylic acid groups (broad SMARTS) is 1. The Balaban J connectivity index is 1.63. The van der Waals surface area contributed by atoms with Gasteiger partial charge in [0.2, 0.25) is 0 Å². The van der Waals surface area contributed by atoms with Crippen LogP contribution < -0.4 is 5.32 Å². The number of halogens is 3. The first-order valence-corrected chi connectivity index (χ1v) is 14.6. The van der Waals surface area contributed by atoms with Crippen LogP contribution in [0.5, 0.6) is 0 Å². The average Bonchev–Trinajstić information content (AvgIpc) is 3.01. The van der Waals surface area contributed by atoms with E-state index in [1.165, 1.54) is 17.0 Å². The molecule has 2 amide bonds. The number of hydrogen-bond donors (Lipinski definition) is 2. The quantitative estimate of drug-likeness (QED) is 0.184. The molecule has 1 unspecified atom stereocenters. The summed E-state index contributed by atoms with van der Waals surface area (Å²) in [6.07, 6.45) is -5.53. The van der Waals surface area contributed by atoms with Gasteiger partial charge in [-0.15, -0.1) is 0 Å². The molecule has 0 saturated heterocycles. The van der Waals surface area contributed by atoms with E-state index in [4.69, 9.17) is 4.74 Å². The van der Waals surface area contributed by atoms with Crippen molar-refractivity contribution in [1.29, 1.82) is 0 Å². The van der Waals surface area contributed by atoms with Crippen molar-refractivity contribution in [2.45, 2.75) is 45.0 Å². The molecular weight excluding hydrogens is 597 g/mol. The first-order valence-electron chi connectivity index (χ1n) is 14.6. The Morgan fingerprint density at radius 2 is 1.26 bits per heavy atom. The smallest absolute Gasteiger partial charge is 0.416 e. The van der Waals surface area contributed by atoms with E-state index in [1.54, 1.807) is 57.2 Å². The monoisotopic (exact) mass is 632 g/mol. The highest BCUT2D eigenvalue weighted by Crippen LogP contribution is 2.32. The summed E-state index contributed by atoms with van der Waals surface area (Å²) in [5.41, 5.74) is 2.36. The summed E-state index contributed by atoms with van der Waals surface area (Å²) >= 11 is 0. The normalized spacial score (nSPS) is 12.2. The van der Waals surface area contributed by atoms with E-state index in [-0.39, 0.29) is 18.7 Å². The van der Waals surface area contributed by atoms with Crippen molar-refractivity contribution in [2.75, 3.05) is 13.1 Å². The zero-order valence-corrected chi connectivity index (χ0v) is 25.7. The standard InChI is InChI=1S/C36H35F3N2O5/c1-35(2,3)46-34(45)40-21-22-41(31(23-32(42)43)28-13-9-25(10-14-28)24-7-5-4-6-8-24)33(44)29-15-11-26(12-16-29)27-17-19-30(20-18-27)36(37,38)39/h4-20,31H,21-23H2,1-3H3,(H,40,45)(H,42,43). The second-order valence-electron chi connectivity index (χ2n) is 11.7. The van der Waals surface area contributed by atoms with Crippen LogP contribution in [0.2, 0.25) is 0 Å². The largest absolute Gasteiger partial charge is 0.481 e. The number of nitrogens with one attached hydrogen (secondary N) is 1. The molecule has 4 aromatic carbocycles. The number of carboxylic acids is 1. The van der Waals surface area contributed by atoms with Crippen LogP contribution in [0.25, 0.3) is 22.3 Å². The minimum Gasteiger partial charge on any atom is -0.481 e. The highest BCUT2D eigenvalue weighted by molar-refractivity contribution is 5.95. The van der Waals surface area contributed by atoms with Crippen molar-refractivity contribution in [3.63, 3.8) is 0 Å². The number of carbonyl (C=O) groups is 3. The van der Waals surface area contributed by atoms with Gasteiger partial charge in [-0.25, -0.2) is 4.79 Å². The maximum absolute atomic E-state index is 14.0. The van der Waals surface area contributed by atoms with Crippen LogP contribution in [0.1, 0.15) is 54.7 Å². The van der Waals surface area contributed by atoms with Crippen molar-refractivity contribution in [3.05, 3.63) is 120 Å². The molecule has 4 rings (SSSR count). The maximum Gasteiger partial charge on any atom is 0.416 e.